The van der Waals surface area contributed by atoms with Gasteiger partial charge in [-0.25, -0.2) is 4.39 Å². The van der Waals surface area contributed by atoms with Gasteiger partial charge in [-0.05, 0) is 38.1 Å². The lowest BCUT2D eigenvalue weighted by Gasteiger charge is -2.11. The van der Waals surface area contributed by atoms with Gasteiger partial charge >= 0.3 is 0 Å². The number of rotatable bonds is 6. The predicted molar refractivity (Wildman–Crippen MR) is 122 cm³/mol. The van der Waals surface area contributed by atoms with E-state index in [1.54, 1.807) is 26.0 Å². The van der Waals surface area contributed by atoms with E-state index < -0.39 is 23.3 Å². The van der Waals surface area contributed by atoms with Crippen LogP contribution in [-0.2, 0) is 4.79 Å². The molecule has 3 aromatic rings. The highest BCUT2D eigenvalue weighted by atomic mass is 19.1. The van der Waals surface area contributed by atoms with E-state index in [1.165, 1.54) is 30.3 Å². The lowest BCUT2D eigenvalue weighted by molar-refractivity contribution is -0.110. The van der Waals surface area contributed by atoms with Crippen molar-refractivity contribution in [3.8, 4) is 11.3 Å². The molecular formula is C24H25FN4O3. The summed E-state index contributed by atoms with van der Waals surface area (Å²) in [5, 5.41) is 17.1. The van der Waals surface area contributed by atoms with Crippen molar-refractivity contribution in [3.05, 3.63) is 83.5 Å². The number of amides is 2. The number of aryl methyl sites for hydroxylation is 1. The first kappa shape index (κ1) is 24.2. The first-order valence-corrected chi connectivity index (χ1v) is 10.1. The Hall–Kier alpha value is -4.07. The summed E-state index contributed by atoms with van der Waals surface area (Å²) < 4.78 is 18.2. The maximum atomic E-state index is 13.0. The van der Waals surface area contributed by atoms with Crippen LogP contribution in [-0.4, -0.2) is 22.7 Å². The number of halogens is 1. The maximum Gasteiger partial charge on any atom is 0.275 e. The lowest BCUT2D eigenvalue weighted by Crippen LogP contribution is -2.33. The molecule has 0 aliphatic heterocycles. The molecule has 0 atom stereocenters. The van der Waals surface area contributed by atoms with Crippen LogP contribution >= 0.6 is 0 Å². The zero-order chi connectivity index (χ0) is 23.7. The zero-order valence-corrected chi connectivity index (χ0v) is 18.3. The third kappa shape index (κ3) is 5.75. The SMILES string of the molecule is C/C=C(/NC(=O)c1c(-c2ccccc2)noc1C)C(=N)C(=O)Nc1ccc(F)cc1.CC. The van der Waals surface area contributed by atoms with Gasteiger partial charge < -0.3 is 15.2 Å². The topological polar surface area (TPSA) is 108 Å². The van der Waals surface area contributed by atoms with E-state index in [9.17, 15) is 14.0 Å². The van der Waals surface area contributed by atoms with Crippen LogP contribution in [0.15, 0.2) is 70.9 Å². The summed E-state index contributed by atoms with van der Waals surface area (Å²) in [7, 11) is 0. The van der Waals surface area contributed by atoms with Crippen molar-refractivity contribution in [1.82, 2.24) is 10.5 Å². The normalized spacial score (nSPS) is 10.6. The summed E-state index contributed by atoms with van der Waals surface area (Å²) in [5.41, 5.74) is 1.17. The Morgan fingerprint density at radius 1 is 1.06 bits per heavy atom. The molecule has 0 aliphatic carbocycles. The molecule has 3 rings (SSSR count). The smallest absolute Gasteiger partial charge is 0.275 e. The van der Waals surface area contributed by atoms with Crippen LogP contribution in [0.2, 0.25) is 0 Å². The largest absolute Gasteiger partial charge is 0.360 e. The number of carbonyl (C=O) groups is 2. The molecule has 3 N–H and O–H groups in total. The Kier molecular flexibility index (Phi) is 8.59. The molecule has 0 saturated carbocycles. The zero-order valence-electron chi connectivity index (χ0n) is 18.3. The molecule has 0 fully saturated rings. The summed E-state index contributed by atoms with van der Waals surface area (Å²) in [5.74, 6) is -1.44. The van der Waals surface area contributed by atoms with Crippen LogP contribution in [0.1, 0.15) is 36.9 Å². The standard InChI is InChI=1S/C22H19FN4O3.C2H6/c1-3-17(19(24)22(29)25-16-11-9-15(23)10-12-16)26-21(28)18-13(2)30-27-20(18)14-7-5-4-6-8-14;1-2/h3-12,24H,1-2H3,(H,25,29)(H,26,28);1-2H3/b17-3+,24-19?;. The maximum absolute atomic E-state index is 13.0. The Bertz CT molecular complexity index is 1120. The Labute approximate surface area is 185 Å². The fourth-order valence-corrected chi connectivity index (χ4v) is 2.75. The fraction of sp³-hybridized carbons (Fsp3) is 0.167. The minimum atomic E-state index is -0.750. The molecule has 0 saturated heterocycles. The Balaban J connectivity index is 0.00000176. The molecule has 32 heavy (non-hydrogen) atoms. The second-order valence-electron chi connectivity index (χ2n) is 6.32. The van der Waals surface area contributed by atoms with Gasteiger partial charge in [0.15, 0.2) is 0 Å². The molecule has 1 heterocycles. The molecule has 8 heteroatoms. The van der Waals surface area contributed by atoms with Crippen LogP contribution in [0, 0.1) is 18.2 Å². The van der Waals surface area contributed by atoms with E-state index in [2.05, 4.69) is 15.8 Å². The van der Waals surface area contributed by atoms with Crippen LogP contribution in [0.5, 0.6) is 0 Å². The third-order valence-electron chi connectivity index (χ3n) is 4.27. The summed E-state index contributed by atoms with van der Waals surface area (Å²) in [4.78, 5) is 25.3. The lowest BCUT2D eigenvalue weighted by atomic mass is 10.1. The summed E-state index contributed by atoms with van der Waals surface area (Å²) in [6.45, 7) is 7.20. The van der Waals surface area contributed by atoms with E-state index in [4.69, 9.17) is 9.93 Å². The molecule has 1 aromatic heterocycles. The summed E-state index contributed by atoms with van der Waals surface area (Å²) in [6.07, 6.45) is 1.44. The van der Waals surface area contributed by atoms with Crippen LogP contribution < -0.4 is 10.6 Å². The third-order valence-corrected chi connectivity index (χ3v) is 4.27. The Morgan fingerprint density at radius 2 is 1.69 bits per heavy atom. The molecule has 0 radical (unpaired) electrons. The van der Waals surface area contributed by atoms with E-state index >= 15 is 0 Å². The highest BCUT2D eigenvalue weighted by Crippen LogP contribution is 2.25. The fourth-order valence-electron chi connectivity index (χ4n) is 2.75. The van der Waals surface area contributed by atoms with Gasteiger partial charge in [0.05, 0.1) is 5.70 Å². The molecule has 7 nitrogen and oxygen atoms in total. The molecule has 2 aromatic carbocycles. The number of hydrogen-bond donors (Lipinski definition) is 3. The quantitative estimate of drug-likeness (QED) is 0.467. The minimum absolute atomic E-state index is 0.0132. The number of hydrogen-bond acceptors (Lipinski definition) is 5. The van der Waals surface area contributed by atoms with E-state index in [1.807, 2.05) is 32.0 Å². The first-order chi connectivity index (χ1) is 15.4. The van der Waals surface area contributed by atoms with Crippen LogP contribution in [0.4, 0.5) is 10.1 Å². The number of aromatic nitrogens is 1. The van der Waals surface area contributed by atoms with E-state index in [-0.39, 0.29) is 11.3 Å². The summed E-state index contributed by atoms with van der Waals surface area (Å²) >= 11 is 0. The number of carbonyl (C=O) groups excluding carboxylic acids is 2. The highest BCUT2D eigenvalue weighted by molar-refractivity contribution is 6.48. The van der Waals surface area contributed by atoms with Crippen molar-refractivity contribution in [1.29, 1.82) is 5.41 Å². The monoisotopic (exact) mass is 436 g/mol. The molecule has 2 amide bonds. The van der Waals surface area contributed by atoms with E-state index in [0.717, 1.165) is 0 Å². The molecule has 0 bridgehead atoms. The highest BCUT2D eigenvalue weighted by Gasteiger charge is 2.24. The minimum Gasteiger partial charge on any atom is -0.360 e. The Morgan fingerprint density at radius 3 is 2.28 bits per heavy atom. The van der Waals surface area contributed by atoms with Gasteiger partial charge in [0.2, 0.25) is 0 Å². The van der Waals surface area contributed by atoms with Crippen molar-refractivity contribution in [2.45, 2.75) is 27.7 Å². The first-order valence-electron chi connectivity index (χ1n) is 10.1. The van der Waals surface area contributed by atoms with Gasteiger partial charge in [0.1, 0.15) is 28.5 Å². The number of allylic oxidation sites excluding steroid dienone is 1. The van der Waals surface area contributed by atoms with Gasteiger partial charge in [-0.15, -0.1) is 0 Å². The second-order valence-corrected chi connectivity index (χ2v) is 6.32. The average molecular weight is 436 g/mol. The number of nitrogens with zero attached hydrogens (tertiary/aromatic N) is 1. The van der Waals surface area contributed by atoms with Crippen LogP contribution in [0.25, 0.3) is 11.3 Å². The van der Waals surface area contributed by atoms with Gasteiger partial charge in [-0.1, -0.05) is 55.4 Å². The molecule has 0 aliphatic rings. The summed E-state index contributed by atoms with van der Waals surface area (Å²) in [6, 6.07) is 14.2. The van der Waals surface area contributed by atoms with Crippen molar-refractivity contribution in [3.63, 3.8) is 0 Å². The van der Waals surface area contributed by atoms with Gasteiger partial charge in [0.25, 0.3) is 11.8 Å². The predicted octanol–water partition coefficient (Wildman–Crippen LogP) is 5.11. The molecule has 0 unspecified atom stereocenters. The van der Waals surface area contributed by atoms with E-state index in [0.29, 0.717) is 22.7 Å². The number of benzene rings is 2. The van der Waals surface area contributed by atoms with Crippen molar-refractivity contribution < 1.29 is 18.5 Å². The van der Waals surface area contributed by atoms with Crippen molar-refractivity contribution in [2.24, 2.45) is 0 Å². The second kappa shape index (κ2) is 11.4. The van der Waals surface area contributed by atoms with Crippen molar-refractivity contribution >= 4 is 23.2 Å². The molecule has 0 spiro atoms. The molecular weight excluding hydrogens is 411 g/mol. The van der Waals surface area contributed by atoms with Gasteiger partial charge in [-0.3, -0.25) is 15.0 Å². The molecule has 166 valence electrons. The van der Waals surface area contributed by atoms with Gasteiger partial charge in [-0.2, -0.15) is 0 Å². The number of nitrogens with one attached hydrogen (secondary N) is 3. The average Bonchev–Trinajstić information content (AvgIpc) is 3.21. The van der Waals surface area contributed by atoms with Gasteiger partial charge in [0, 0.05) is 11.3 Å². The number of anilines is 1. The van der Waals surface area contributed by atoms with Crippen molar-refractivity contribution in [2.75, 3.05) is 5.32 Å². The van der Waals surface area contributed by atoms with Crippen LogP contribution in [0.3, 0.4) is 0 Å².